The number of allylic oxidation sites excluding steroid dienone is 2. The normalized spacial score (nSPS) is 21.9. The maximum Gasteiger partial charge on any atom is 0.261 e. The molecule has 1 N–H and O–H groups in total. The maximum absolute atomic E-state index is 12.7. The van der Waals surface area contributed by atoms with E-state index in [0.717, 1.165) is 0 Å². The van der Waals surface area contributed by atoms with Crippen molar-refractivity contribution in [3.63, 3.8) is 0 Å². The summed E-state index contributed by atoms with van der Waals surface area (Å²) in [7, 11) is 0. The smallest absolute Gasteiger partial charge is 0.261 e. The van der Waals surface area contributed by atoms with E-state index >= 15 is 0 Å². The molecule has 0 radical (unpaired) electrons. The Morgan fingerprint density at radius 2 is 1.69 bits per heavy atom. The van der Waals surface area contributed by atoms with Crippen LogP contribution in [0.25, 0.3) is 0 Å². The minimum atomic E-state index is -0.310. The van der Waals surface area contributed by atoms with Gasteiger partial charge in [0, 0.05) is 31.1 Å². The molecule has 0 saturated heterocycles. The Hall–Kier alpha value is -2.76. The first-order valence-corrected chi connectivity index (χ1v) is 10.1. The predicted molar refractivity (Wildman–Crippen MR) is 111 cm³/mol. The number of hydrogen-bond acceptors (Lipinski definition) is 5. The predicted octanol–water partition coefficient (Wildman–Crippen LogP) is 4.11. The minimum Gasteiger partial charge on any atom is -0.511 e. The lowest BCUT2D eigenvalue weighted by Gasteiger charge is -2.31. The molecule has 6 nitrogen and oxygen atoms in total. The zero-order valence-electron chi connectivity index (χ0n) is 17.5. The highest BCUT2D eigenvalue weighted by molar-refractivity contribution is 6.24. The monoisotopic (exact) mass is 396 g/mol. The summed E-state index contributed by atoms with van der Waals surface area (Å²) >= 11 is 0. The molecule has 154 valence electrons. The third-order valence-electron chi connectivity index (χ3n) is 5.23. The van der Waals surface area contributed by atoms with Crippen molar-refractivity contribution in [1.82, 2.24) is 4.90 Å². The summed E-state index contributed by atoms with van der Waals surface area (Å²) in [5, 5.41) is 10.7. The first-order valence-electron chi connectivity index (χ1n) is 10.1. The van der Waals surface area contributed by atoms with E-state index in [0.29, 0.717) is 41.7 Å². The van der Waals surface area contributed by atoms with Crippen molar-refractivity contribution >= 4 is 23.3 Å². The largest absolute Gasteiger partial charge is 0.511 e. The molecule has 6 heteroatoms. The van der Waals surface area contributed by atoms with Crippen LogP contribution in [-0.2, 0) is 4.79 Å². The molecule has 0 spiro atoms. The fraction of sp³-hybridized carbons (Fsp3) is 0.478. The van der Waals surface area contributed by atoms with Crippen molar-refractivity contribution in [2.75, 3.05) is 6.54 Å². The van der Waals surface area contributed by atoms with Crippen LogP contribution in [0.2, 0.25) is 0 Å². The standard InChI is InChI=1S/C23H28N2O4/c1-14(2)24-17-12-23(3,4)13-19(27)20(17)18(26)10-7-11-25-21(28)15-8-5-6-9-16(15)22(25)29/h5-6,8-9,14,26H,7,10-13H2,1-4H3. The third kappa shape index (κ3) is 4.31. The van der Waals surface area contributed by atoms with Gasteiger partial charge < -0.3 is 5.11 Å². The molecule has 1 aromatic carbocycles. The van der Waals surface area contributed by atoms with E-state index in [1.54, 1.807) is 24.3 Å². The summed E-state index contributed by atoms with van der Waals surface area (Å²) in [6.45, 7) is 8.12. The molecule has 3 rings (SSSR count). The molecule has 1 heterocycles. The van der Waals surface area contributed by atoms with Gasteiger partial charge in [0.1, 0.15) is 5.76 Å². The topological polar surface area (TPSA) is 87.0 Å². The second kappa shape index (κ2) is 7.93. The van der Waals surface area contributed by atoms with Crippen molar-refractivity contribution < 1.29 is 19.5 Å². The SMILES string of the molecule is CC(C)N=C1CC(C)(C)CC(=O)C1=C(O)CCCN1C(=O)c2ccccc2C1=O. The van der Waals surface area contributed by atoms with Crippen LogP contribution in [0.15, 0.2) is 40.6 Å². The molecule has 0 unspecified atom stereocenters. The Morgan fingerprint density at radius 1 is 1.10 bits per heavy atom. The van der Waals surface area contributed by atoms with E-state index < -0.39 is 0 Å². The van der Waals surface area contributed by atoms with Crippen LogP contribution < -0.4 is 0 Å². The molecular formula is C23H28N2O4. The number of fused-ring (bicyclic) bond motifs is 1. The summed E-state index contributed by atoms with van der Waals surface area (Å²) in [5.41, 5.74) is 1.61. The second-order valence-electron chi connectivity index (χ2n) is 8.84. The highest BCUT2D eigenvalue weighted by atomic mass is 16.3. The van der Waals surface area contributed by atoms with Crippen molar-refractivity contribution in [3.05, 3.63) is 46.7 Å². The number of ketones is 1. The highest BCUT2D eigenvalue weighted by Crippen LogP contribution is 2.36. The molecule has 1 aromatic rings. The highest BCUT2D eigenvalue weighted by Gasteiger charge is 2.37. The van der Waals surface area contributed by atoms with Gasteiger partial charge in [-0.1, -0.05) is 26.0 Å². The van der Waals surface area contributed by atoms with E-state index in [1.807, 2.05) is 27.7 Å². The molecular weight excluding hydrogens is 368 g/mol. The zero-order chi connectivity index (χ0) is 21.3. The van der Waals surface area contributed by atoms with Crippen molar-refractivity contribution in [1.29, 1.82) is 0 Å². The van der Waals surface area contributed by atoms with Gasteiger partial charge in [0.2, 0.25) is 0 Å². The van der Waals surface area contributed by atoms with Crippen molar-refractivity contribution in [2.45, 2.75) is 59.4 Å². The summed E-state index contributed by atoms with van der Waals surface area (Å²) < 4.78 is 0. The molecule has 2 amide bonds. The van der Waals surface area contributed by atoms with E-state index in [9.17, 15) is 19.5 Å². The number of hydrogen-bond donors (Lipinski definition) is 1. The average Bonchev–Trinajstić information content (AvgIpc) is 2.85. The summed E-state index contributed by atoms with van der Waals surface area (Å²) in [5.74, 6) is -0.717. The number of aliphatic imine (C=N–C) groups is 1. The van der Waals surface area contributed by atoms with Crippen LogP contribution >= 0.6 is 0 Å². The molecule has 1 aliphatic carbocycles. The lowest BCUT2D eigenvalue weighted by molar-refractivity contribution is -0.117. The van der Waals surface area contributed by atoms with Gasteiger partial charge in [0.05, 0.1) is 16.7 Å². The number of benzene rings is 1. The molecule has 0 bridgehead atoms. The molecule has 0 atom stereocenters. The quantitative estimate of drug-likeness (QED) is 0.461. The number of carbonyl (C=O) groups is 3. The lowest BCUT2D eigenvalue weighted by Crippen LogP contribution is -2.33. The molecule has 1 saturated carbocycles. The zero-order valence-corrected chi connectivity index (χ0v) is 17.5. The lowest BCUT2D eigenvalue weighted by atomic mass is 9.73. The Labute approximate surface area is 171 Å². The fourth-order valence-electron chi connectivity index (χ4n) is 4.01. The van der Waals surface area contributed by atoms with Gasteiger partial charge >= 0.3 is 0 Å². The first-order chi connectivity index (χ1) is 13.6. The molecule has 1 fully saturated rings. The average molecular weight is 396 g/mol. The van der Waals surface area contributed by atoms with Crippen LogP contribution in [-0.4, -0.2) is 45.9 Å². The van der Waals surface area contributed by atoms with E-state index in [1.165, 1.54) is 4.90 Å². The van der Waals surface area contributed by atoms with Gasteiger partial charge in [0.15, 0.2) is 5.78 Å². The summed E-state index contributed by atoms with van der Waals surface area (Å²) in [4.78, 5) is 43.4. The van der Waals surface area contributed by atoms with Crippen molar-refractivity contribution in [3.8, 4) is 0 Å². The second-order valence-corrected chi connectivity index (χ2v) is 8.84. The van der Waals surface area contributed by atoms with E-state index in [2.05, 4.69) is 4.99 Å². The first kappa shape index (κ1) is 21.0. The van der Waals surface area contributed by atoms with Crippen molar-refractivity contribution in [2.24, 2.45) is 10.4 Å². The number of aliphatic hydroxyl groups excluding tert-OH is 1. The van der Waals surface area contributed by atoms with Gasteiger partial charge in [-0.3, -0.25) is 24.3 Å². The van der Waals surface area contributed by atoms with Gasteiger partial charge in [-0.05, 0) is 44.2 Å². The number of imide groups is 1. The third-order valence-corrected chi connectivity index (χ3v) is 5.23. The van der Waals surface area contributed by atoms with Gasteiger partial charge in [-0.15, -0.1) is 0 Å². The Balaban J connectivity index is 1.73. The number of nitrogens with zero attached hydrogens (tertiary/aromatic N) is 2. The van der Waals surface area contributed by atoms with Crippen LogP contribution in [0.5, 0.6) is 0 Å². The number of aliphatic hydroxyl groups is 1. The van der Waals surface area contributed by atoms with Gasteiger partial charge in [0.25, 0.3) is 11.8 Å². The Kier molecular flexibility index (Phi) is 5.73. The molecule has 0 aromatic heterocycles. The number of amides is 2. The Morgan fingerprint density at radius 3 is 2.24 bits per heavy atom. The molecule has 1 aliphatic heterocycles. The molecule has 29 heavy (non-hydrogen) atoms. The Bertz CT molecular complexity index is 890. The van der Waals surface area contributed by atoms with Crippen LogP contribution in [0.1, 0.15) is 74.1 Å². The number of rotatable bonds is 5. The maximum atomic E-state index is 12.7. The number of carbonyl (C=O) groups excluding carboxylic acids is 3. The van der Waals surface area contributed by atoms with Gasteiger partial charge in [-0.2, -0.15) is 0 Å². The number of Topliss-reactive ketones (excluding diaryl/α,β-unsaturated/α-hetero) is 1. The van der Waals surface area contributed by atoms with Gasteiger partial charge in [-0.25, -0.2) is 0 Å². The van der Waals surface area contributed by atoms with E-state index in [4.69, 9.17) is 0 Å². The van der Waals surface area contributed by atoms with Crippen LogP contribution in [0, 0.1) is 5.41 Å². The van der Waals surface area contributed by atoms with Crippen LogP contribution in [0.4, 0.5) is 0 Å². The summed E-state index contributed by atoms with van der Waals surface area (Å²) in [6.07, 6.45) is 1.59. The van der Waals surface area contributed by atoms with E-state index in [-0.39, 0.29) is 47.8 Å². The molecule has 2 aliphatic rings. The van der Waals surface area contributed by atoms with Crippen LogP contribution in [0.3, 0.4) is 0 Å². The minimum absolute atomic E-state index is 0.00140. The summed E-state index contributed by atoms with van der Waals surface area (Å²) in [6, 6.07) is 6.77. The fourth-order valence-corrected chi connectivity index (χ4v) is 4.01.